The summed E-state index contributed by atoms with van der Waals surface area (Å²) in [6.45, 7) is 4.06. The third kappa shape index (κ3) is 6.00. The van der Waals surface area contributed by atoms with Crippen LogP contribution < -0.4 is 15.8 Å². The van der Waals surface area contributed by atoms with Crippen molar-refractivity contribution in [2.45, 2.75) is 23.1 Å². The second-order valence-electron chi connectivity index (χ2n) is 6.22. The van der Waals surface area contributed by atoms with E-state index < -0.39 is 10.0 Å². The first-order valence-corrected chi connectivity index (χ1v) is 11.8. The van der Waals surface area contributed by atoms with Crippen molar-refractivity contribution < 1.29 is 13.2 Å². The number of hydrogen-bond donors (Lipinski definition) is 3. The minimum atomic E-state index is -3.76. The summed E-state index contributed by atoms with van der Waals surface area (Å²) in [5.74, 6) is -0.0905. The van der Waals surface area contributed by atoms with Crippen molar-refractivity contribution in [1.29, 1.82) is 0 Å². The SMILES string of the molecule is Cc1ccc(Nc2nnc(SCC(=O)Nc3ccc(S(N)(=O)=O)cc3)s2)c(C)c1. The minimum absolute atomic E-state index is 0.0115. The number of carbonyl (C=O) groups is 1. The summed E-state index contributed by atoms with van der Waals surface area (Å²) in [5.41, 5.74) is 3.75. The van der Waals surface area contributed by atoms with Gasteiger partial charge in [0.2, 0.25) is 21.1 Å². The number of nitrogens with zero attached hydrogens (tertiary/aromatic N) is 2. The molecule has 4 N–H and O–H groups in total. The third-order valence-electron chi connectivity index (χ3n) is 3.82. The number of sulfonamides is 1. The van der Waals surface area contributed by atoms with E-state index >= 15 is 0 Å². The van der Waals surface area contributed by atoms with Gasteiger partial charge in [0, 0.05) is 11.4 Å². The van der Waals surface area contributed by atoms with Crippen LogP contribution in [0.5, 0.6) is 0 Å². The number of hydrogen-bond acceptors (Lipinski definition) is 8. The topological polar surface area (TPSA) is 127 Å². The number of thioether (sulfide) groups is 1. The van der Waals surface area contributed by atoms with Gasteiger partial charge in [-0.25, -0.2) is 13.6 Å². The average Bonchev–Trinajstić information content (AvgIpc) is 3.10. The van der Waals surface area contributed by atoms with Gasteiger partial charge in [-0.05, 0) is 49.7 Å². The van der Waals surface area contributed by atoms with E-state index in [-0.39, 0.29) is 16.6 Å². The Balaban J connectivity index is 1.53. The Morgan fingerprint density at radius 3 is 2.52 bits per heavy atom. The molecule has 0 atom stereocenters. The molecule has 0 unspecified atom stereocenters. The highest BCUT2D eigenvalue weighted by Crippen LogP contribution is 2.29. The van der Waals surface area contributed by atoms with Gasteiger partial charge in [-0.3, -0.25) is 4.79 Å². The number of amides is 1. The quantitative estimate of drug-likeness (QED) is 0.472. The molecule has 3 rings (SSSR count). The van der Waals surface area contributed by atoms with Crippen LogP contribution in [-0.4, -0.2) is 30.3 Å². The van der Waals surface area contributed by atoms with E-state index in [9.17, 15) is 13.2 Å². The Hall–Kier alpha value is -2.47. The molecule has 1 aromatic heterocycles. The molecule has 0 aliphatic rings. The first-order chi connectivity index (χ1) is 13.7. The average molecular weight is 450 g/mol. The number of anilines is 3. The summed E-state index contributed by atoms with van der Waals surface area (Å²) < 4.78 is 23.2. The summed E-state index contributed by atoms with van der Waals surface area (Å²) in [5, 5.41) is 19.8. The molecule has 0 saturated heterocycles. The van der Waals surface area contributed by atoms with Crippen molar-refractivity contribution >= 4 is 55.5 Å². The second kappa shape index (κ2) is 8.91. The molecule has 1 heterocycles. The van der Waals surface area contributed by atoms with Crippen LogP contribution in [0.15, 0.2) is 51.7 Å². The fourth-order valence-corrected chi connectivity index (χ4v) is 4.52. The first-order valence-electron chi connectivity index (χ1n) is 8.44. The van der Waals surface area contributed by atoms with E-state index in [1.807, 2.05) is 26.0 Å². The largest absolute Gasteiger partial charge is 0.330 e. The molecule has 1 amide bonds. The molecule has 3 aromatic rings. The lowest BCUT2D eigenvalue weighted by atomic mass is 10.1. The molecule has 0 aliphatic carbocycles. The Labute approximate surface area is 177 Å². The van der Waals surface area contributed by atoms with Gasteiger partial charge in [0.25, 0.3) is 0 Å². The number of nitrogens with two attached hydrogens (primary N) is 1. The van der Waals surface area contributed by atoms with Gasteiger partial charge in [-0.15, -0.1) is 10.2 Å². The zero-order chi connectivity index (χ0) is 21.0. The van der Waals surface area contributed by atoms with Crippen LogP contribution in [0.3, 0.4) is 0 Å². The van der Waals surface area contributed by atoms with Gasteiger partial charge < -0.3 is 10.6 Å². The van der Waals surface area contributed by atoms with E-state index in [1.54, 1.807) is 0 Å². The molecule has 29 heavy (non-hydrogen) atoms. The molecule has 0 bridgehead atoms. The van der Waals surface area contributed by atoms with Crippen LogP contribution in [0.1, 0.15) is 11.1 Å². The monoisotopic (exact) mass is 449 g/mol. The predicted molar refractivity (Wildman–Crippen MR) is 116 cm³/mol. The maximum Gasteiger partial charge on any atom is 0.238 e. The number of nitrogens with one attached hydrogen (secondary N) is 2. The molecular weight excluding hydrogens is 430 g/mol. The first kappa shape index (κ1) is 21.2. The highest BCUT2D eigenvalue weighted by atomic mass is 32.2. The van der Waals surface area contributed by atoms with E-state index in [0.29, 0.717) is 15.2 Å². The van der Waals surface area contributed by atoms with Gasteiger partial charge in [-0.2, -0.15) is 0 Å². The third-order valence-corrected chi connectivity index (χ3v) is 6.72. The molecule has 8 nitrogen and oxygen atoms in total. The van der Waals surface area contributed by atoms with Crippen molar-refractivity contribution in [1.82, 2.24) is 10.2 Å². The maximum absolute atomic E-state index is 12.1. The Kier molecular flexibility index (Phi) is 6.52. The number of aryl methyl sites for hydroxylation is 2. The number of carbonyl (C=O) groups excluding carboxylic acids is 1. The fraction of sp³-hybridized carbons (Fsp3) is 0.167. The van der Waals surface area contributed by atoms with Gasteiger partial charge in [-0.1, -0.05) is 40.8 Å². The minimum Gasteiger partial charge on any atom is -0.330 e. The van der Waals surface area contributed by atoms with E-state index in [2.05, 4.69) is 26.9 Å². The van der Waals surface area contributed by atoms with Crippen LogP contribution >= 0.6 is 23.1 Å². The number of aromatic nitrogens is 2. The van der Waals surface area contributed by atoms with E-state index in [0.717, 1.165) is 11.3 Å². The Morgan fingerprint density at radius 2 is 1.86 bits per heavy atom. The molecule has 0 saturated carbocycles. The molecule has 152 valence electrons. The number of primary sulfonamides is 1. The fourth-order valence-electron chi connectivity index (χ4n) is 2.44. The summed E-state index contributed by atoms with van der Waals surface area (Å²) in [4.78, 5) is 12.1. The molecule has 11 heteroatoms. The van der Waals surface area contributed by atoms with Gasteiger partial charge in [0.05, 0.1) is 10.6 Å². The number of rotatable bonds is 7. The van der Waals surface area contributed by atoms with Gasteiger partial charge >= 0.3 is 0 Å². The van der Waals surface area contributed by atoms with Crippen molar-refractivity contribution in [2.24, 2.45) is 5.14 Å². The lowest BCUT2D eigenvalue weighted by Gasteiger charge is -2.06. The lowest BCUT2D eigenvalue weighted by Crippen LogP contribution is -2.15. The van der Waals surface area contributed by atoms with Crippen molar-refractivity contribution in [3.8, 4) is 0 Å². The predicted octanol–water partition coefficient (Wildman–Crippen LogP) is 3.28. The van der Waals surface area contributed by atoms with Crippen LogP contribution in [0.2, 0.25) is 0 Å². The van der Waals surface area contributed by atoms with E-state index in [4.69, 9.17) is 5.14 Å². The van der Waals surface area contributed by atoms with Gasteiger partial charge in [0.1, 0.15) is 0 Å². The summed E-state index contributed by atoms with van der Waals surface area (Å²) in [7, 11) is -3.76. The smallest absolute Gasteiger partial charge is 0.238 e. The van der Waals surface area contributed by atoms with Crippen molar-refractivity contribution in [3.63, 3.8) is 0 Å². The number of benzene rings is 2. The molecule has 2 aromatic carbocycles. The van der Waals surface area contributed by atoms with Crippen LogP contribution in [0.4, 0.5) is 16.5 Å². The highest BCUT2D eigenvalue weighted by Gasteiger charge is 2.11. The summed E-state index contributed by atoms with van der Waals surface area (Å²) in [6, 6.07) is 11.7. The zero-order valence-electron chi connectivity index (χ0n) is 15.7. The molecule has 0 spiro atoms. The second-order valence-corrected chi connectivity index (χ2v) is 9.98. The molecule has 0 aliphatic heterocycles. The van der Waals surface area contributed by atoms with Crippen molar-refractivity contribution in [3.05, 3.63) is 53.6 Å². The van der Waals surface area contributed by atoms with Crippen molar-refractivity contribution in [2.75, 3.05) is 16.4 Å². The highest BCUT2D eigenvalue weighted by molar-refractivity contribution is 8.01. The van der Waals surface area contributed by atoms with E-state index in [1.165, 1.54) is 52.9 Å². The molecular formula is C18H19N5O3S3. The summed E-state index contributed by atoms with van der Waals surface area (Å²) in [6.07, 6.45) is 0. The van der Waals surface area contributed by atoms with Crippen LogP contribution in [0, 0.1) is 13.8 Å². The zero-order valence-corrected chi connectivity index (χ0v) is 18.1. The Bertz CT molecular complexity index is 1130. The van der Waals surface area contributed by atoms with Gasteiger partial charge in [0.15, 0.2) is 4.34 Å². The Morgan fingerprint density at radius 1 is 1.14 bits per heavy atom. The van der Waals surface area contributed by atoms with Crippen LogP contribution in [0.25, 0.3) is 0 Å². The standard InChI is InChI=1S/C18H19N5O3S3/c1-11-3-8-15(12(2)9-11)21-17-22-23-18(28-17)27-10-16(24)20-13-4-6-14(7-5-13)29(19,25)26/h3-9H,10H2,1-2H3,(H,20,24)(H,21,22)(H2,19,25,26). The lowest BCUT2D eigenvalue weighted by molar-refractivity contribution is -0.113. The normalized spacial score (nSPS) is 11.3. The summed E-state index contributed by atoms with van der Waals surface area (Å²) >= 11 is 2.63. The molecule has 0 radical (unpaired) electrons. The van der Waals surface area contributed by atoms with Crippen LogP contribution in [-0.2, 0) is 14.8 Å². The maximum atomic E-state index is 12.1. The molecule has 0 fully saturated rings.